The highest BCUT2D eigenvalue weighted by Crippen LogP contribution is 2.32. The minimum atomic E-state index is -0.239. The number of aromatic nitrogens is 2. The van der Waals surface area contributed by atoms with Gasteiger partial charge in [0, 0.05) is 11.5 Å². The highest BCUT2D eigenvalue weighted by molar-refractivity contribution is 7.09. The van der Waals surface area contributed by atoms with Crippen LogP contribution < -0.4 is 10.1 Å². The zero-order valence-corrected chi connectivity index (χ0v) is 14.4. The Morgan fingerprint density at radius 1 is 1.32 bits per heavy atom. The summed E-state index contributed by atoms with van der Waals surface area (Å²) in [4.78, 5) is 16.0. The van der Waals surface area contributed by atoms with Crippen molar-refractivity contribution in [1.29, 1.82) is 0 Å². The maximum absolute atomic E-state index is 11.9. The fraction of sp³-hybridized carbons (Fsp3) is 0.438. The minimum Gasteiger partial charge on any atom is -0.483 e. The first-order valence-corrected chi connectivity index (χ1v) is 7.87. The number of amides is 1. The number of carbonyl (C=O) groups excluding carboxylic acids is 1. The van der Waals surface area contributed by atoms with Crippen LogP contribution in [0.15, 0.2) is 18.2 Å². The summed E-state index contributed by atoms with van der Waals surface area (Å²) in [5, 5.41) is 3.18. The Morgan fingerprint density at radius 2 is 2.05 bits per heavy atom. The molecule has 1 heterocycles. The van der Waals surface area contributed by atoms with Gasteiger partial charge < -0.3 is 4.74 Å². The van der Waals surface area contributed by atoms with E-state index >= 15 is 0 Å². The molecule has 0 fully saturated rings. The minimum absolute atomic E-state index is 0.0475. The van der Waals surface area contributed by atoms with Crippen LogP contribution in [0.25, 0.3) is 0 Å². The number of carbonyl (C=O) groups is 1. The molecular formula is C16H21N3O2S. The van der Waals surface area contributed by atoms with Crippen molar-refractivity contribution in [2.75, 3.05) is 11.9 Å². The molecule has 0 saturated heterocycles. The lowest BCUT2D eigenvalue weighted by atomic mass is 9.85. The summed E-state index contributed by atoms with van der Waals surface area (Å²) in [6.45, 7) is 10.1. The van der Waals surface area contributed by atoms with Crippen molar-refractivity contribution in [1.82, 2.24) is 9.36 Å². The maximum Gasteiger partial charge on any atom is 0.264 e. The number of aryl methyl sites for hydroxylation is 2. The number of benzene rings is 1. The van der Waals surface area contributed by atoms with Gasteiger partial charge in [-0.15, -0.1) is 0 Å². The van der Waals surface area contributed by atoms with Gasteiger partial charge in [-0.2, -0.15) is 4.37 Å². The number of nitrogens with zero attached hydrogens (tertiary/aromatic N) is 2. The molecule has 0 aliphatic rings. The van der Waals surface area contributed by atoms with Crippen LogP contribution in [0.2, 0.25) is 0 Å². The molecule has 118 valence electrons. The number of nitrogens with one attached hydrogen (secondary N) is 1. The summed E-state index contributed by atoms with van der Waals surface area (Å²) < 4.78 is 9.72. The van der Waals surface area contributed by atoms with Crippen LogP contribution in [0.4, 0.5) is 5.13 Å². The van der Waals surface area contributed by atoms with Gasteiger partial charge in [0.25, 0.3) is 5.91 Å². The third kappa shape index (κ3) is 4.27. The molecule has 1 aromatic carbocycles. The van der Waals surface area contributed by atoms with E-state index in [0.717, 1.165) is 22.8 Å². The van der Waals surface area contributed by atoms with E-state index in [-0.39, 0.29) is 17.9 Å². The molecule has 6 heteroatoms. The summed E-state index contributed by atoms with van der Waals surface area (Å²) in [5.41, 5.74) is 2.21. The van der Waals surface area contributed by atoms with Gasteiger partial charge in [0.15, 0.2) is 6.61 Å². The lowest BCUT2D eigenvalue weighted by Gasteiger charge is -2.23. The van der Waals surface area contributed by atoms with Crippen LogP contribution in [-0.4, -0.2) is 21.9 Å². The van der Waals surface area contributed by atoms with Gasteiger partial charge in [-0.25, -0.2) is 4.98 Å². The number of ether oxygens (including phenoxy) is 1. The highest BCUT2D eigenvalue weighted by Gasteiger charge is 2.19. The standard InChI is InChI=1S/C16H21N3O2S/c1-10-6-7-13(12(8-10)16(3,4)5)21-9-14(20)18-15-17-11(2)19-22-15/h6-8H,9H2,1-5H3,(H,17,18,19,20). The average Bonchev–Trinajstić information content (AvgIpc) is 2.81. The summed E-state index contributed by atoms with van der Waals surface area (Å²) in [5.74, 6) is 1.15. The molecule has 0 aliphatic heterocycles. The predicted molar refractivity (Wildman–Crippen MR) is 88.6 cm³/mol. The zero-order valence-electron chi connectivity index (χ0n) is 13.6. The number of hydrogen-bond acceptors (Lipinski definition) is 5. The van der Waals surface area contributed by atoms with E-state index in [1.54, 1.807) is 6.92 Å². The second kappa shape index (κ2) is 6.44. The molecule has 2 rings (SSSR count). The summed E-state index contributed by atoms with van der Waals surface area (Å²) in [6, 6.07) is 6.00. The van der Waals surface area contributed by atoms with E-state index in [9.17, 15) is 4.79 Å². The van der Waals surface area contributed by atoms with E-state index in [1.165, 1.54) is 5.56 Å². The lowest BCUT2D eigenvalue weighted by molar-refractivity contribution is -0.118. The monoisotopic (exact) mass is 319 g/mol. The molecule has 1 aromatic heterocycles. The summed E-state index contributed by atoms with van der Waals surface area (Å²) >= 11 is 1.16. The topological polar surface area (TPSA) is 64.1 Å². The first kappa shape index (κ1) is 16.4. The maximum atomic E-state index is 11.9. The van der Waals surface area contributed by atoms with Crippen LogP contribution >= 0.6 is 11.5 Å². The Bertz CT molecular complexity index is 674. The van der Waals surface area contributed by atoms with Gasteiger partial charge >= 0.3 is 0 Å². The number of anilines is 1. The van der Waals surface area contributed by atoms with E-state index in [4.69, 9.17) is 4.74 Å². The second-order valence-electron chi connectivity index (χ2n) is 6.23. The second-order valence-corrected chi connectivity index (χ2v) is 6.99. The zero-order chi connectivity index (χ0) is 16.3. The molecule has 0 bridgehead atoms. The van der Waals surface area contributed by atoms with Crippen molar-refractivity contribution in [2.45, 2.75) is 40.0 Å². The fourth-order valence-corrected chi connectivity index (χ4v) is 2.59. The largest absolute Gasteiger partial charge is 0.483 e. The molecule has 5 nitrogen and oxygen atoms in total. The van der Waals surface area contributed by atoms with Crippen LogP contribution in [0.5, 0.6) is 5.75 Å². The Hall–Kier alpha value is -1.95. The van der Waals surface area contributed by atoms with Crippen molar-refractivity contribution in [2.24, 2.45) is 0 Å². The molecule has 0 aliphatic carbocycles. The Balaban J connectivity index is 2.03. The van der Waals surface area contributed by atoms with Crippen molar-refractivity contribution >= 4 is 22.6 Å². The smallest absolute Gasteiger partial charge is 0.264 e. The first-order valence-electron chi connectivity index (χ1n) is 7.10. The van der Waals surface area contributed by atoms with Gasteiger partial charge in [0.05, 0.1) is 0 Å². The predicted octanol–water partition coefficient (Wildman–Crippen LogP) is 3.47. The van der Waals surface area contributed by atoms with Gasteiger partial charge in [-0.1, -0.05) is 38.5 Å². The van der Waals surface area contributed by atoms with Gasteiger partial charge in [0.1, 0.15) is 11.6 Å². The van der Waals surface area contributed by atoms with Crippen molar-refractivity contribution in [3.63, 3.8) is 0 Å². The SMILES string of the molecule is Cc1ccc(OCC(=O)Nc2nc(C)ns2)c(C(C)(C)C)c1. The first-order chi connectivity index (χ1) is 10.3. The molecule has 0 unspecified atom stereocenters. The summed E-state index contributed by atoms with van der Waals surface area (Å²) in [7, 11) is 0. The van der Waals surface area contributed by atoms with Crippen LogP contribution in [-0.2, 0) is 10.2 Å². The van der Waals surface area contributed by atoms with Gasteiger partial charge in [0.2, 0.25) is 5.13 Å². The molecule has 0 saturated carbocycles. The third-order valence-electron chi connectivity index (χ3n) is 3.08. The van der Waals surface area contributed by atoms with Crippen molar-refractivity contribution in [3.8, 4) is 5.75 Å². The third-order valence-corrected chi connectivity index (χ3v) is 3.80. The van der Waals surface area contributed by atoms with E-state index in [1.807, 2.05) is 19.1 Å². The quantitative estimate of drug-likeness (QED) is 0.937. The molecule has 2 aromatic rings. The molecule has 0 spiro atoms. The highest BCUT2D eigenvalue weighted by atomic mass is 32.1. The van der Waals surface area contributed by atoms with Crippen LogP contribution in [0.1, 0.15) is 37.7 Å². The number of hydrogen-bond donors (Lipinski definition) is 1. The Labute approximate surface area is 134 Å². The Morgan fingerprint density at radius 3 is 2.64 bits per heavy atom. The fourth-order valence-electron chi connectivity index (χ4n) is 2.00. The molecule has 22 heavy (non-hydrogen) atoms. The van der Waals surface area contributed by atoms with E-state index in [0.29, 0.717) is 11.0 Å². The van der Waals surface area contributed by atoms with E-state index in [2.05, 4.69) is 41.5 Å². The Kier molecular flexibility index (Phi) is 4.81. The van der Waals surface area contributed by atoms with E-state index < -0.39 is 0 Å². The molecule has 1 amide bonds. The molecule has 0 radical (unpaired) electrons. The van der Waals surface area contributed by atoms with Gasteiger partial charge in [-0.3, -0.25) is 10.1 Å². The number of rotatable bonds is 4. The molecule has 1 N–H and O–H groups in total. The average molecular weight is 319 g/mol. The summed E-state index contributed by atoms with van der Waals surface area (Å²) in [6.07, 6.45) is 0. The van der Waals surface area contributed by atoms with Crippen molar-refractivity contribution < 1.29 is 9.53 Å². The normalized spacial score (nSPS) is 11.3. The molecular weight excluding hydrogens is 298 g/mol. The molecule has 0 atom stereocenters. The van der Waals surface area contributed by atoms with Crippen molar-refractivity contribution in [3.05, 3.63) is 35.2 Å². The lowest BCUT2D eigenvalue weighted by Crippen LogP contribution is -2.22. The van der Waals surface area contributed by atoms with Crippen LogP contribution in [0, 0.1) is 13.8 Å². The van der Waals surface area contributed by atoms with Crippen LogP contribution in [0.3, 0.4) is 0 Å². The van der Waals surface area contributed by atoms with Gasteiger partial charge in [-0.05, 0) is 30.9 Å².